The van der Waals surface area contributed by atoms with Gasteiger partial charge in [-0.25, -0.2) is 0 Å². The van der Waals surface area contributed by atoms with Crippen molar-refractivity contribution in [2.75, 3.05) is 20.1 Å². The Morgan fingerprint density at radius 1 is 1.53 bits per heavy atom. The van der Waals surface area contributed by atoms with Crippen molar-refractivity contribution in [2.45, 2.75) is 6.42 Å². The first kappa shape index (κ1) is 10.8. The van der Waals surface area contributed by atoms with E-state index in [-0.39, 0.29) is 5.92 Å². The number of rotatable bonds is 2. The van der Waals surface area contributed by atoms with Crippen LogP contribution in [0.25, 0.3) is 0 Å². The maximum atomic E-state index is 11.6. The number of benzene rings is 1. The molecule has 2 nitrogen and oxygen atoms in total. The minimum Gasteiger partial charge on any atom is -0.298 e. The lowest BCUT2D eigenvalue weighted by Crippen LogP contribution is -2.15. The predicted molar refractivity (Wildman–Crippen MR) is 63.8 cm³/mol. The number of Topliss-reactive ketones (excluding diaryl/α,β-unsaturated/α-hetero) is 1. The molecule has 0 saturated carbocycles. The fourth-order valence-electron chi connectivity index (χ4n) is 2.06. The quantitative estimate of drug-likeness (QED) is 0.819. The van der Waals surface area contributed by atoms with E-state index in [1.54, 1.807) is 0 Å². The van der Waals surface area contributed by atoms with Crippen LogP contribution in [0.15, 0.2) is 28.7 Å². The molecule has 1 fully saturated rings. The van der Waals surface area contributed by atoms with Gasteiger partial charge in [0.05, 0.1) is 6.54 Å². The third-order valence-corrected chi connectivity index (χ3v) is 3.28. The smallest absolute Gasteiger partial charge is 0.151 e. The molecule has 1 aliphatic heterocycles. The molecule has 1 atom stereocenters. The van der Waals surface area contributed by atoms with Crippen LogP contribution in [-0.4, -0.2) is 30.8 Å². The van der Waals surface area contributed by atoms with Crippen LogP contribution in [0, 0.1) is 5.92 Å². The van der Waals surface area contributed by atoms with Crippen molar-refractivity contribution >= 4 is 21.7 Å². The number of likely N-dealkylation sites (tertiary alicyclic amines) is 1. The number of carbonyl (C=O) groups excluding carboxylic acids is 1. The van der Waals surface area contributed by atoms with Crippen molar-refractivity contribution in [3.63, 3.8) is 0 Å². The summed E-state index contributed by atoms with van der Waals surface area (Å²) in [5.41, 5.74) is 1.23. The molecule has 0 radical (unpaired) electrons. The van der Waals surface area contributed by atoms with Gasteiger partial charge in [-0.05, 0) is 31.2 Å². The summed E-state index contributed by atoms with van der Waals surface area (Å²) in [4.78, 5) is 13.7. The van der Waals surface area contributed by atoms with E-state index in [1.165, 1.54) is 5.56 Å². The highest BCUT2D eigenvalue weighted by Crippen LogP contribution is 2.19. The lowest BCUT2D eigenvalue weighted by molar-refractivity contribution is -0.119. The summed E-state index contributed by atoms with van der Waals surface area (Å²) in [5.74, 6) is 0.557. The van der Waals surface area contributed by atoms with Gasteiger partial charge in [-0.3, -0.25) is 9.69 Å². The monoisotopic (exact) mass is 267 g/mol. The van der Waals surface area contributed by atoms with E-state index in [0.717, 1.165) is 17.4 Å². The van der Waals surface area contributed by atoms with E-state index < -0.39 is 0 Å². The first-order valence-electron chi connectivity index (χ1n) is 5.11. The Hall–Kier alpha value is -0.670. The summed E-state index contributed by atoms with van der Waals surface area (Å²) >= 11 is 3.44. The Bertz CT molecular complexity index is 378. The summed E-state index contributed by atoms with van der Waals surface area (Å²) in [6.45, 7) is 1.50. The summed E-state index contributed by atoms with van der Waals surface area (Å²) in [5, 5.41) is 0. The number of likely N-dealkylation sites (N-methyl/N-ethyl adjacent to an activating group) is 1. The summed E-state index contributed by atoms with van der Waals surface area (Å²) in [7, 11) is 2.00. The number of hydrogen-bond acceptors (Lipinski definition) is 2. The normalized spacial score (nSPS) is 22.3. The summed E-state index contributed by atoms with van der Waals surface area (Å²) < 4.78 is 1.08. The van der Waals surface area contributed by atoms with Gasteiger partial charge in [-0.15, -0.1) is 0 Å². The molecule has 15 heavy (non-hydrogen) atoms. The molecule has 1 saturated heterocycles. The van der Waals surface area contributed by atoms with Gasteiger partial charge in [0.25, 0.3) is 0 Å². The zero-order valence-electron chi connectivity index (χ0n) is 8.74. The zero-order valence-corrected chi connectivity index (χ0v) is 10.3. The van der Waals surface area contributed by atoms with Gasteiger partial charge in [-0.2, -0.15) is 0 Å². The zero-order chi connectivity index (χ0) is 10.8. The van der Waals surface area contributed by atoms with Crippen LogP contribution in [0.4, 0.5) is 0 Å². The maximum absolute atomic E-state index is 11.6. The first-order chi connectivity index (χ1) is 7.15. The van der Waals surface area contributed by atoms with Crippen molar-refractivity contribution in [3.05, 3.63) is 34.3 Å². The molecule has 0 spiro atoms. The van der Waals surface area contributed by atoms with Crippen LogP contribution < -0.4 is 0 Å². The SMILES string of the molecule is CN1CC(=O)C(Cc2cccc(Br)c2)C1. The second-order valence-electron chi connectivity index (χ2n) is 4.19. The van der Waals surface area contributed by atoms with Crippen LogP contribution in [0.2, 0.25) is 0 Å². The fourth-order valence-corrected chi connectivity index (χ4v) is 2.51. The van der Waals surface area contributed by atoms with Gasteiger partial charge >= 0.3 is 0 Å². The Kier molecular flexibility index (Phi) is 3.22. The van der Waals surface area contributed by atoms with E-state index in [0.29, 0.717) is 12.3 Å². The Balaban J connectivity index is 2.06. The Morgan fingerprint density at radius 3 is 2.93 bits per heavy atom. The van der Waals surface area contributed by atoms with E-state index >= 15 is 0 Å². The largest absolute Gasteiger partial charge is 0.298 e. The van der Waals surface area contributed by atoms with Gasteiger partial charge in [0.15, 0.2) is 5.78 Å². The second-order valence-corrected chi connectivity index (χ2v) is 5.11. The van der Waals surface area contributed by atoms with Crippen molar-refractivity contribution in [2.24, 2.45) is 5.92 Å². The van der Waals surface area contributed by atoms with Gasteiger partial charge in [0.2, 0.25) is 0 Å². The topological polar surface area (TPSA) is 20.3 Å². The molecule has 80 valence electrons. The van der Waals surface area contributed by atoms with Crippen LogP contribution >= 0.6 is 15.9 Å². The average Bonchev–Trinajstić information content (AvgIpc) is 2.45. The molecule has 0 amide bonds. The Labute approximate surface area is 98.4 Å². The highest BCUT2D eigenvalue weighted by atomic mass is 79.9. The molecular weight excluding hydrogens is 254 g/mol. The number of halogens is 1. The third kappa shape index (κ3) is 2.67. The van der Waals surface area contributed by atoms with Gasteiger partial charge < -0.3 is 0 Å². The second kappa shape index (κ2) is 4.45. The third-order valence-electron chi connectivity index (χ3n) is 2.78. The fraction of sp³-hybridized carbons (Fsp3) is 0.417. The number of hydrogen-bond donors (Lipinski definition) is 0. The van der Waals surface area contributed by atoms with Crippen molar-refractivity contribution in [1.29, 1.82) is 0 Å². The molecule has 1 heterocycles. The molecule has 1 aliphatic rings. The number of ketones is 1. The minimum atomic E-state index is 0.185. The molecule has 0 bridgehead atoms. The summed E-state index contributed by atoms with van der Waals surface area (Å²) in [6.07, 6.45) is 0.864. The predicted octanol–water partition coefficient (Wildman–Crippen LogP) is 2.12. The van der Waals surface area contributed by atoms with E-state index in [9.17, 15) is 4.79 Å². The first-order valence-corrected chi connectivity index (χ1v) is 5.90. The lowest BCUT2D eigenvalue weighted by atomic mass is 9.98. The number of carbonyl (C=O) groups is 1. The van der Waals surface area contributed by atoms with Gasteiger partial charge in [-0.1, -0.05) is 28.1 Å². The van der Waals surface area contributed by atoms with Crippen LogP contribution in [0.3, 0.4) is 0 Å². The molecule has 1 aromatic rings. The summed E-state index contributed by atoms with van der Waals surface area (Å²) in [6, 6.07) is 8.19. The molecule has 2 rings (SSSR count). The highest BCUT2D eigenvalue weighted by molar-refractivity contribution is 9.10. The maximum Gasteiger partial charge on any atom is 0.151 e. The molecule has 1 unspecified atom stereocenters. The Morgan fingerprint density at radius 2 is 2.33 bits per heavy atom. The van der Waals surface area contributed by atoms with Crippen molar-refractivity contribution in [1.82, 2.24) is 4.90 Å². The molecule has 0 aliphatic carbocycles. The van der Waals surface area contributed by atoms with Gasteiger partial charge in [0.1, 0.15) is 0 Å². The van der Waals surface area contributed by atoms with Crippen LogP contribution in [0.5, 0.6) is 0 Å². The van der Waals surface area contributed by atoms with Crippen LogP contribution in [-0.2, 0) is 11.2 Å². The van der Waals surface area contributed by atoms with Crippen molar-refractivity contribution < 1.29 is 4.79 Å². The molecule has 0 aromatic heterocycles. The molecule has 3 heteroatoms. The van der Waals surface area contributed by atoms with Crippen molar-refractivity contribution in [3.8, 4) is 0 Å². The molecule has 1 aromatic carbocycles. The minimum absolute atomic E-state index is 0.185. The highest BCUT2D eigenvalue weighted by Gasteiger charge is 2.28. The molecular formula is C12H14BrNO. The average molecular weight is 268 g/mol. The van der Waals surface area contributed by atoms with E-state index in [2.05, 4.69) is 33.0 Å². The van der Waals surface area contributed by atoms with E-state index in [4.69, 9.17) is 0 Å². The van der Waals surface area contributed by atoms with Crippen LogP contribution in [0.1, 0.15) is 5.56 Å². The lowest BCUT2D eigenvalue weighted by Gasteiger charge is -2.09. The molecule has 0 N–H and O–H groups in total. The standard InChI is InChI=1S/C12H14BrNO/c1-14-7-10(12(15)8-14)5-9-3-2-4-11(13)6-9/h2-4,6,10H,5,7-8H2,1H3. The van der Waals surface area contributed by atoms with Gasteiger partial charge in [0, 0.05) is 16.9 Å². The number of nitrogens with zero attached hydrogens (tertiary/aromatic N) is 1. The van der Waals surface area contributed by atoms with E-state index in [1.807, 2.05) is 19.2 Å².